The molecule has 0 radical (unpaired) electrons. The van der Waals surface area contributed by atoms with Gasteiger partial charge in [0.25, 0.3) is 5.12 Å². The Kier molecular flexibility index (Phi) is 6.12. The quantitative estimate of drug-likeness (QED) is 0.304. The first kappa shape index (κ1) is 26.0. The van der Waals surface area contributed by atoms with Crippen LogP contribution in [0.15, 0.2) is 46.6 Å². The number of furan rings is 1. The van der Waals surface area contributed by atoms with E-state index in [0.717, 1.165) is 0 Å². The number of carbonyl (C=O) groups is 3. The van der Waals surface area contributed by atoms with E-state index in [1.165, 1.54) is 30.5 Å². The molecule has 36 heavy (non-hydrogen) atoms. The van der Waals surface area contributed by atoms with Gasteiger partial charge in [0.1, 0.15) is 0 Å². The third-order valence-corrected chi connectivity index (χ3v) is 11.3. The molecule has 0 saturated heterocycles. The molecule has 0 amide bonds. The molecule has 3 fully saturated rings. The van der Waals surface area contributed by atoms with Gasteiger partial charge in [-0.2, -0.15) is 0 Å². The number of aliphatic hydroxyl groups is 1. The van der Waals surface area contributed by atoms with Gasteiger partial charge in [0.15, 0.2) is 11.4 Å². The van der Waals surface area contributed by atoms with Crippen LogP contribution in [0.5, 0.6) is 0 Å². The maximum Gasteiger partial charge on any atom is 0.375 e. The summed E-state index contributed by atoms with van der Waals surface area (Å²) in [5.74, 6) is -2.21. The van der Waals surface area contributed by atoms with Crippen LogP contribution in [0.1, 0.15) is 50.6 Å². The van der Waals surface area contributed by atoms with Gasteiger partial charge in [-0.15, -0.1) is 23.2 Å². The lowest BCUT2D eigenvalue weighted by Crippen LogP contribution is -2.70. The van der Waals surface area contributed by atoms with E-state index in [1.807, 2.05) is 20.8 Å². The van der Waals surface area contributed by atoms with Crippen LogP contribution in [-0.2, 0) is 14.3 Å². The lowest BCUT2D eigenvalue weighted by molar-refractivity contribution is -0.172. The lowest BCUT2D eigenvalue weighted by atomic mass is 9.45. The molecule has 0 aromatic carbocycles. The summed E-state index contributed by atoms with van der Waals surface area (Å²) >= 11 is 14.3. The fourth-order valence-electron chi connectivity index (χ4n) is 7.88. The Morgan fingerprint density at radius 3 is 2.61 bits per heavy atom. The van der Waals surface area contributed by atoms with Crippen molar-refractivity contribution in [2.75, 3.05) is 0 Å². The van der Waals surface area contributed by atoms with E-state index in [4.69, 9.17) is 32.4 Å². The van der Waals surface area contributed by atoms with Gasteiger partial charge in [0, 0.05) is 16.7 Å². The Hall–Kier alpha value is -1.58. The van der Waals surface area contributed by atoms with Gasteiger partial charge in [-0.05, 0) is 61.0 Å². The fraction of sp³-hybridized carbons (Fsp3) is 0.577. The zero-order valence-electron chi connectivity index (χ0n) is 20.1. The average Bonchev–Trinajstić information content (AvgIpc) is 3.44. The van der Waals surface area contributed by atoms with Crippen molar-refractivity contribution < 1.29 is 33.2 Å². The van der Waals surface area contributed by atoms with Crippen LogP contribution < -0.4 is 0 Å². The minimum atomic E-state index is -1.74. The molecule has 5 rings (SSSR count). The molecule has 0 aliphatic heterocycles. The standard InChI is InChI=1S/C26H28Cl2O7S/c1-13-9-15-16-11-18(27)17-10-14(29)6-7-23(17,2)25(16,28)20(30)12-24(15,3)26(13,22(32)36-33)35-21(31)19-5-4-8-34-19/h4-8,10,13,15-16,18,20,30,33H,9,11-12H2,1-3H3/t13-,15?,16?,18+,20+,23+,24+,25+,26+/m1/s1. The van der Waals surface area contributed by atoms with Gasteiger partial charge < -0.3 is 18.8 Å². The molecule has 9 atom stereocenters. The first-order valence-electron chi connectivity index (χ1n) is 12.0. The SMILES string of the molecule is C[C@@H]1CC2C3C[C@H](Cl)C4=CC(=O)C=C[C@]4(C)[C@@]3(Cl)[C@@H](O)C[C@]2(C)[C@@]1(OC(=O)c1ccco1)C(=O)SO. The molecule has 2 N–H and O–H groups in total. The van der Waals surface area contributed by atoms with Gasteiger partial charge >= 0.3 is 5.97 Å². The van der Waals surface area contributed by atoms with E-state index < -0.39 is 49.8 Å². The summed E-state index contributed by atoms with van der Waals surface area (Å²) < 4.78 is 21.1. The Morgan fingerprint density at radius 2 is 1.97 bits per heavy atom. The minimum Gasteiger partial charge on any atom is -0.457 e. The van der Waals surface area contributed by atoms with Crippen molar-refractivity contribution in [3.05, 3.63) is 48.0 Å². The molecule has 2 unspecified atom stereocenters. The summed E-state index contributed by atoms with van der Waals surface area (Å²) in [5, 5.41) is 10.6. The molecule has 3 saturated carbocycles. The summed E-state index contributed by atoms with van der Waals surface area (Å²) in [6, 6.07) is 2.98. The maximum absolute atomic E-state index is 13.5. The third kappa shape index (κ3) is 3.11. The molecule has 1 heterocycles. The van der Waals surface area contributed by atoms with E-state index in [1.54, 1.807) is 6.08 Å². The number of aliphatic hydroxyl groups excluding tert-OH is 1. The molecule has 1 aromatic heterocycles. The predicted octanol–water partition coefficient (Wildman–Crippen LogP) is 5.01. The highest BCUT2D eigenvalue weighted by Gasteiger charge is 2.77. The van der Waals surface area contributed by atoms with Gasteiger partial charge in [0.2, 0.25) is 5.76 Å². The molecule has 194 valence electrons. The van der Waals surface area contributed by atoms with Crippen LogP contribution >= 0.6 is 35.2 Å². The van der Waals surface area contributed by atoms with Crippen LogP contribution in [-0.4, -0.2) is 48.5 Å². The molecule has 7 nitrogen and oxygen atoms in total. The van der Waals surface area contributed by atoms with Crippen molar-refractivity contribution in [3.63, 3.8) is 0 Å². The van der Waals surface area contributed by atoms with E-state index in [-0.39, 0.29) is 41.8 Å². The smallest absolute Gasteiger partial charge is 0.375 e. The number of esters is 1. The number of alkyl halides is 2. The van der Waals surface area contributed by atoms with E-state index in [2.05, 4.69) is 0 Å². The number of carbonyl (C=O) groups excluding carboxylic acids is 3. The molecule has 0 bridgehead atoms. The number of halogens is 2. The number of fused-ring (bicyclic) bond motifs is 5. The second-order valence-electron chi connectivity index (χ2n) is 11.0. The summed E-state index contributed by atoms with van der Waals surface area (Å²) in [6.07, 6.45) is 5.78. The Labute approximate surface area is 223 Å². The number of allylic oxidation sites excluding steroid dienone is 4. The molecular formula is C26H28Cl2O7S. The van der Waals surface area contributed by atoms with Crippen molar-refractivity contribution in [3.8, 4) is 0 Å². The Bertz CT molecular complexity index is 1180. The number of hydrogen-bond acceptors (Lipinski definition) is 8. The highest BCUT2D eigenvalue weighted by molar-refractivity contribution is 8.09. The predicted molar refractivity (Wildman–Crippen MR) is 135 cm³/mol. The minimum absolute atomic E-state index is 0.0209. The molecule has 4 aliphatic rings. The molecule has 0 spiro atoms. The topological polar surface area (TPSA) is 114 Å². The molecule has 4 aliphatic carbocycles. The van der Waals surface area contributed by atoms with E-state index in [0.29, 0.717) is 18.4 Å². The zero-order chi connectivity index (χ0) is 26.3. The van der Waals surface area contributed by atoms with Gasteiger partial charge in [-0.25, -0.2) is 4.79 Å². The van der Waals surface area contributed by atoms with Gasteiger partial charge in [0.05, 0.1) is 34.7 Å². The maximum atomic E-state index is 13.5. The van der Waals surface area contributed by atoms with Crippen LogP contribution in [0.4, 0.5) is 0 Å². The van der Waals surface area contributed by atoms with E-state index in [9.17, 15) is 24.0 Å². The van der Waals surface area contributed by atoms with Crippen LogP contribution in [0.2, 0.25) is 0 Å². The normalized spacial score (nSPS) is 45.4. The van der Waals surface area contributed by atoms with Crippen LogP contribution in [0.25, 0.3) is 0 Å². The third-order valence-electron chi connectivity index (χ3n) is 9.53. The number of hydrogen-bond donors (Lipinski definition) is 2. The van der Waals surface area contributed by atoms with Gasteiger partial charge in [-0.3, -0.25) is 9.59 Å². The average molecular weight is 555 g/mol. The highest BCUT2D eigenvalue weighted by Crippen LogP contribution is 2.72. The lowest BCUT2D eigenvalue weighted by Gasteiger charge is -2.64. The second kappa shape index (κ2) is 8.46. The Balaban J connectivity index is 1.64. The summed E-state index contributed by atoms with van der Waals surface area (Å²) in [7, 11) is 0. The highest BCUT2D eigenvalue weighted by atomic mass is 35.5. The molecular weight excluding hydrogens is 527 g/mol. The summed E-state index contributed by atoms with van der Waals surface area (Å²) in [5.41, 5.74) is -3.02. The first-order valence-corrected chi connectivity index (χ1v) is 13.5. The Morgan fingerprint density at radius 1 is 1.25 bits per heavy atom. The second-order valence-corrected chi connectivity index (χ2v) is 12.7. The zero-order valence-corrected chi connectivity index (χ0v) is 22.4. The van der Waals surface area contributed by atoms with E-state index >= 15 is 0 Å². The number of ether oxygens (including phenoxy) is 1. The van der Waals surface area contributed by atoms with Crippen LogP contribution in [0, 0.1) is 28.6 Å². The van der Waals surface area contributed by atoms with Crippen molar-refractivity contribution in [1.82, 2.24) is 0 Å². The van der Waals surface area contributed by atoms with Gasteiger partial charge in [-0.1, -0.05) is 26.8 Å². The number of rotatable bonds is 3. The van der Waals surface area contributed by atoms with Crippen molar-refractivity contribution in [1.29, 1.82) is 0 Å². The van der Waals surface area contributed by atoms with Crippen molar-refractivity contribution in [2.45, 2.75) is 62.0 Å². The fourth-order valence-corrected chi connectivity index (χ4v) is 9.46. The molecule has 10 heteroatoms. The summed E-state index contributed by atoms with van der Waals surface area (Å²) in [4.78, 5) is 37.5. The van der Waals surface area contributed by atoms with Crippen molar-refractivity contribution >= 4 is 52.1 Å². The first-order chi connectivity index (χ1) is 16.9. The molecule has 1 aromatic rings. The number of ketones is 1. The van der Waals surface area contributed by atoms with Crippen LogP contribution in [0.3, 0.4) is 0 Å². The monoisotopic (exact) mass is 554 g/mol. The largest absolute Gasteiger partial charge is 0.457 e. The van der Waals surface area contributed by atoms with Crippen molar-refractivity contribution in [2.24, 2.45) is 28.6 Å². The summed E-state index contributed by atoms with van der Waals surface area (Å²) in [6.45, 7) is 5.52.